The van der Waals surface area contributed by atoms with Crippen LogP contribution in [-0.4, -0.2) is 53.8 Å². The SMILES string of the molecule is C[C@@H](Oc1ccc(F)cc1Cl)C(=O)N1CCO[C@@H](C(=O)O)C1. The first-order valence-electron chi connectivity index (χ1n) is 6.63. The van der Waals surface area contributed by atoms with Gasteiger partial charge in [-0.25, -0.2) is 9.18 Å². The number of carbonyl (C=O) groups is 2. The number of hydrogen-bond donors (Lipinski definition) is 1. The van der Waals surface area contributed by atoms with Crippen LogP contribution < -0.4 is 4.74 Å². The number of carbonyl (C=O) groups excluding carboxylic acids is 1. The quantitative estimate of drug-likeness (QED) is 0.906. The van der Waals surface area contributed by atoms with Gasteiger partial charge in [-0.2, -0.15) is 0 Å². The van der Waals surface area contributed by atoms with E-state index in [0.29, 0.717) is 0 Å². The van der Waals surface area contributed by atoms with Crippen molar-refractivity contribution < 1.29 is 28.6 Å². The molecule has 1 N–H and O–H groups in total. The van der Waals surface area contributed by atoms with Crippen molar-refractivity contribution in [1.29, 1.82) is 0 Å². The fourth-order valence-electron chi connectivity index (χ4n) is 2.07. The third-order valence-electron chi connectivity index (χ3n) is 3.20. The molecule has 1 aliphatic rings. The topological polar surface area (TPSA) is 76.1 Å². The molecule has 1 heterocycles. The van der Waals surface area contributed by atoms with Crippen LogP contribution in [0.25, 0.3) is 0 Å². The van der Waals surface area contributed by atoms with Gasteiger partial charge in [0.15, 0.2) is 12.2 Å². The Kier molecular flexibility index (Phi) is 5.20. The van der Waals surface area contributed by atoms with E-state index in [-0.39, 0.29) is 36.4 Å². The summed E-state index contributed by atoms with van der Waals surface area (Å²) in [6.45, 7) is 1.91. The van der Waals surface area contributed by atoms with Gasteiger partial charge in [-0.3, -0.25) is 4.79 Å². The number of rotatable bonds is 4. The van der Waals surface area contributed by atoms with E-state index in [1.54, 1.807) is 0 Å². The number of carboxylic acids is 1. The van der Waals surface area contributed by atoms with Crippen LogP contribution in [0.4, 0.5) is 4.39 Å². The summed E-state index contributed by atoms with van der Waals surface area (Å²) in [5.74, 6) is -1.82. The summed E-state index contributed by atoms with van der Waals surface area (Å²) in [6.07, 6.45) is -1.92. The number of hydrogen-bond acceptors (Lipinski definition) is 4. The van der Waals surface area contributed by atoms with E-state index in [0.717, 1.165) is 6.07 Å². The molecule has 22 heavy (non-hydrogen) atoms. The summed E-state index contributed by atoms with van der Waals surface area (Å²) >= 11 is 5.84. The van der Waals surface area contributed by atoms with Crippen LogP contribution in [0.2, 0.25) is 5.02 Å². The second-order valence-corrected chi connectivity index (χ2v) is 5.22. The van der Waals surface area contributed by atoms with Gasteiger partial charge >= 0.3 is 5.97 Å². The number of benzene rings is 1. The minimum Gasteiger partial charge on any atom is -0.479 e. The highest BCUT2D eigenvalue weighted by Crippen LogP contribution is 2.26. The zero-order valence-corrected chi connectivity index (χ0v) is 12.5. The minimum absolute atomic E-state index is 0.0426. The molecule has 1 amide bonds. The Labute approximate surface area is 131 Å². The molecule has 0 bridgehead atoms. The van der Waals surface area contributed by atoms with Crippen LogP contribution in [0.5, 0.6) is 5.75 Å². The van der Waals surface area contributed by atoms with Crippen LogP contribution in [0.3, 0.4) is 0 Å². The first-order chi connectivity index (χ1) is 10.4. The van der Waals surface area contributed by atoms with Crippen molar-refractivity contribution in [3.63, 3.8) is 0 Å². The molecule has 0 saturated carbocycles. The maximum Gasteiger partial charge on any atom is 0.334 e. The maximum atomic E-state index is 13.0. The Morgan fingerprint density at radius 3 is 2.91 bits per heavy atom. The number of halogens is 2. The summed E-state index contributed by atoms with van der Waals surface area (Å²) in [7, 11) is 0. The van der Waals surface area contributed by atoms with Crippen molar-refractivity contribution in [3.05, 3.63) is 29.0 Å². The second kappa shape index (κ2) is 6.93. The molecule has 1 aliphatic heterocycles. The highest BCUT2D eigenvalue weighted by molar-refractivity contribution is 6.32. The second-order valence-electron chi connectivity index (χ2n) is 4.82. The van der Waals surface area contributed by atoms with E-state index in [9.17, 15) is 14.0 Å². The van der Waals surface area contributed by atoms with Gasteiger partial charge in [-0.1, -0.05) is 11.6 Å². The van der Waals surface area contributed by atoms with Gasteiger partial charge in [-0.15, -0.1) is 0 Å². The number of amides is 1. The fraction of sp³-hybridized carbons (Fsp3) is 0.429. The van der Waals surface area contributed by atoms with Gasteiger partial charge in [0, 0.05) is 6.54 Å². The lowest BCUT2D eigenvalue weighted by atomic mass is 10.2. The Bertz CT molecular complexity index is 582. The molecule has 0 unspecified atom stereocenters. The molecule has 2 rings (SSSR count). The zero-order chi connectivity index (χ0) is 16.3. The first-order valence-corrected chi connectivity index (χ1v) is 7.01. The van der Waals surface area contributed by atoms with Gasteiger partial charge in [0.1, 0.15) is 11.6 Å². The molecule has 8 heteroatoms. The lowest BCUT2D eigenvalue weighted by molar-refractivity contribution is -0.161. The number of nitrogens with zero attached hydrogens (tertiary/aromatic N) is 1. The monoisotopic (exact) mass is 331 g/mol. The van der Waals surface area contributed by atoms with Crippen LogP contribution in [-0.2, 0) is 14.3 Å². The van der Waals surface area contributed by atoms with Gasteiger partial charge in [0.2, 0.25) is 0 Å². The normalized spacial score (nSPS) is 19.6. The molecular weight excluding hydrogens is 317 g/mol. The minimum atomic E-state index is -1.12. The lowest BCUT2D eigenvalue weighted by Crippen LogP contribution is -2.51. The van der Waals surface area contributed by atoms with E-state index >= 15 is 0 Å². The molecule has 0 aromatic heterocycles. The molecule has 0 aliphatic carbocycles. The van der Waals surface area contributed by atoms with Crippen molar-refractivity contribution >= 4 is 23.5 Å². The highest BCUT2D eigenvalue weighted by atomic mass is 35.5. The number of morpholine rings is 1. The number of aliphatic carboxylic acids is 1. The van der Waals surface area contributed by atoms with E-state index in [2.05, 4.69) is 0 Å². The van der Waals surface area contributed by atoms with Gasteiger partial charge < -0.3 is 19.5 Å². The molecule has 0 spiro atoms. The maximum absolute atomic E-state index is 13.0. The molecule has 1 aromatic carbocycles. The van der Waals surface area contributed by atoms with Crippen LogP contribution in [0.15, 0.2) is 18.2 Å². The molecule has 6 nitrogen and oxygen atoms in total. The van der Waals surface area contributed by atoms with Crippen molar-refractivity contribution in [3.8, 4) is 5.75 Å². The molecule has 1 aromatic rings. The zero-order valence-electron chi connectivity index (χ0n) is 11.8. The predicted molar refractivity (Wildman–Crippen MR) is 75.5 cm³/mol. The molecule has 1 saturated heterocycles. The van der Waals surface area contributed by atoms with Crippen molar-refractivity contribution in [1.82, 2.24) is 4.90 Å². The van der Waals surface area contributed by atoms with E-state index in [4.69, 9.17) is 26.2 Å². The van der Waals surface area contributed by atoms with Crippen molar-refractivity contribution in [2.75, 3.05) is 19.7 Å². The molecule has 0 radical (unpaired) electrons. The molecular formula is C14H15ClFNO5. The van der Waals surface area contributed by atoms with Crippen LogP contribution >= 0.6 is 11.6 Å². The molecule has 120 valence electrons. The van der Waals surface area contributed by atoms with Gasteiger partial charge in [-0.05, 0) is 25.1 Å². The summed E-state index contributed by atoms with van der Waals surface area (Å²) < 4.78 is 23.5. The van der Waals surface area contributed by atoms with Gasteiger partial charge in [0.05, 0.1) is 18.2 Å². The summed E-state index contributed by atoms with van der Waals surface area (Å²) in [5, 5.41) is 8.99. The Morgan fingerprint density at radius 1 is 1.55 bits per heavy atom. The van der Waals surface area contributed by atoms with Crippen LogP contribution in [0.1, 0.15) is 6.92 Å². The highest BCUT2D eigenvalue weighted by Gasteiger charge is 2.31. The summed E-state index contributed by atoms with van der Waals surface area (Å²) in [5.41, 5.74) is 0. The summed E-state index contributed by atoms with van der Waals surface area (Å²) in [4.78, 5) is 24.6. The van der Waals surface area contributed by atoms with Crippen LogP contribution in [0, 0.1) is 5.82 Å². The number of carboxylic acid groups (broad SMARTS) is 1. The van der Waals surface area contributed by atoms with Gasteiger partial charge in [0.25, 0.3) is 5.91 Å². The lowest BCUT2D eigenvalue weighted by Gasteiger charge is -2.32. The van der Waals surface area contributed by atoms with Crippen molar-refractivity contribution in [2.45, 2.75) is 19.1 Å². The standard InChI is InChI=1S/C14H15ClFNO5/c1-8(22-11-3-2-9(16)6-10(11)15)13(18)17-4-5-21-12(7-17)14(19)20/h2-3,6,8,12H,4-5,7H2,1H3,(H,19,20)/t8-,12-/m1/s1. The molecule has 1 fully saturated rings. The average Bonchev–Trinajstić information content (AvgIpc) is 2.49. The van der Waals surface area contributed by atoms with E-state index in [1.807, 2.05) is 0 Å². The fourth-order valence-corrected chi connectivity index (χ4v) is 2.28. The number of ether oxygens (including phenoxy) is 2. The Balaban J connectivity index is 2.01. The van der Waals surface area contributed by atoms with E-state index in [1.165, 1.54) is 24.0 Å². The third-order valence-corrected chi connectivity index (χ3v) is 3.49. The Morgan fingerprint density at radius 2 is 2.27 bits per heavy atom. The summed E-state index contributed by atoms with van der Waals surface area (Å²) in [6, 6.07) is 3.59. The molecule has 2 atom stereocenters. The third kappa shape index (κ3) is 3.86. The average molecular weight is 332 g/mol. The smallest absolute Gasteiger partial charge is 0.334 e. The Hall–Kier alpha value is -1.86. The largest absolute Gasteiger partial charge is 0.479 e. The van der Waals surface area contributed by atoms with Crippen molar-refractivity contribution in [2.24, 2.45) is 0 Å². The van der Waals surface area contributed by atoms with E-state index < -0.39 is 24.0 Å². The first kappa shape index (κ1) is 16.5. The predicted octanol–water partition coefficient (Wildman–Crippen LogP) is 1.56.